The number of hydrogen-bond donors (Lipinski definition) is 1. The lowest BCUT2D eigenvalue weighted by atomic mass is 10.2. The van der Waals surface area contributed by atoms with Gasteiger partial charge >= 0.3 is 0 Å². The molecule has 2 aromatic heterocycles. The van der Waals surface area contributed by atoms with Crippen LogP contribution in [0, 0.1) is 0 Å². The number of thiol groups is 1. The van der Waals surface area contributed by atoms with Gasteiger partial charge in [-0.3, -0.25) is 0 Å². The Kier molecular flexibility index (Phi) is 1.70. The van der Waals surface area contributed by atoms with Gasteiger partial charge < -0.3 is 4.57 Å². The molecule has 1 aromatic carbocycles. The minimum atomic E-state index is 0.792. The average Bonchev–Trinajstić information content (AvgIpc) is 2.65. The summed E-state index contributed by atoms with van der Waals surface area (Å²) in [6, 6.07) is 1.98. The van der Waals surface area contributed by atoms with Gasteiger partial charge in [0, 0.05) is 18.6 Å². The summed E-state index contributed by atoms with van der Waals surface area (Å²) < 4.78 is 1.90. The molecule has 0 saturated heterocycles. The van der Waals surface area contributed by atoms with Gasteiger partial charge in [-0.25, -0.2) is 15.0 Å². The van der Waals surface area contributed by atoms with Gasteiger partial charge in [0.05, 0.1) is 22.3 Å². The van der Waals surface area contributed by atoms with Gasteiger partial charge in [0.1, 0.15) is 11.8 Å². The van der Waals surface area contributed by atoms with Gasteiger partial charge in [-0.2, -0.15) is 0 Å². The van der Waals surface area contributed by atoms with Gasteiger partial charge in [-0.1, -0.05) is 0 Å². The van der Waals surface area contributed by atoms with Crippen molar-refractivity contribution in [3.8, 4) is 0 Å². The molecule has 74 valence electrons. The highest BCUT2D eigenvalue weighted by Crippen LogP contribution is 2.26. The smallest absolute Gasteiger partial charge is 0.116 e. The quantitative estimate of drug-likeness (QED) is 0.583. The Morgan fingerprint density at radius 2 is 2.07 bits per heavy atom. The number of imidazole rings is 1. The lowest BCUT2D eigenvalue weighted by Gasteiger charge is -2.03. The number of rotatable bonds is 0. The van der Waals surface area contributed by atoms with Gasteiger partial charge in [-0.05, 0) is 6.07 Å². The Morgan fingerprint density at radius 3 is 2.93 bits per heavy atom. The summed E-state index contributed by atoms with van der Waals surface area (Å²) in [5, 5.41) is 1.03. The second-order valence-electron chi connectivity index (χ2n) is 3.44. The fraction of sp³-hybridized carbons (Fsp3) is 0.100. The Hall–Kier alpha value is -1.62. The Morgan fingerprint density at radius 1 is 1.20 bits per heavy atom. The van der Waals surface area contributed by atoms with Gasteiger partial charge in [-0.15, -0.1) is 12.6 Å². The van der Waals surface area contributed by atoms with Crippen LogP contribution in [0.2, 0.25) is 0 Å². The second kappa shape index (κ2) is 2.93. The first-order valence-electron chi connectivity index (χ1n) is 4.50. The van der Waals surface area contributed by atoms with E-state index in [1.807, 2.05) is 23.9 Å². The standard InChI is InChI=1S/C10H8N4S/c1-14-3-6-2-7-9(12-4-11-7)10(15)8(6)13-5-14/h2-5,15H,1H3. The summed E-state index contributed by atoms with van der Waals surface area (Å²) >= 11 is 4.44. The highest BCUT2D eigenvalue weighted by atomic mass is 32.1. The molecule has 0 N–H and O–H groups in total. The molecule has 0 spiro atoms. The van der Waals surface area contributed by atoms with Gasteiger partial charge in [0.15, 0.2) is 0 Å². The average molecular weight is 216 g/mol. The number of hydrogen-bond acceptors (Lipinski definition) is 4. The fourth-order valence-electron chi connectivity index (χ4n) is 1.66. The molecule has 0 saturated carbocycles. The van der Waals surface area contributed by atoms with Crippen LogP contribution in [0.3, 0.4) is 0 Å². The summed E-state index contributed by atoms with van der Waals surface area (Å²) in [6.45, 7) is 0. The normalized spacial score (nSPS) is 11.3. The molecule has 3 rings (SSSR count). The molecule has 4 nitrogen and oxygen atoms in total. The third kappa shape index (κ3) is 1.20. The molecule has 0 aliphatic carbocycles. The molecule has 0 radical (unpaired) electrons. The molecule has 0 amide bonds. The molecule has 5 heteroatoms. The molecular formula is C10H8N4S. The van der Waals surface area contributed by atoms with E-state index < -0.39 is 0 Å². The summed E-state index contributed by atoms with van der Waals surface area (Å²) in [4.78, 5) is 13.4. The topological polar surface area (TPSA) is 43.6 Å². The summed E-state index contributed by atoms with van der Waals surface area (Å²) in [6.07, 6.45) is 5.30. The van der Waals surface area contributed by atoms with Crippen LogP contribution < -0.4 is 0 Å². The zero-order valence-corrected chi connectivity index (χ0v) is 8.94. The summed E-state index contributed by atoms with van der Waals surface area (Å²) in [7, 11) is 1.94. The zero-order valence-electron chi connectivity index (χ0n) is 8.05. The lowest BCUT2D eigenvalue weighted by molar-refractivity contribution is 0.879. The van der Waals surface area contributed by atoms with Crippen LogP contribution in [0.25, 0.3) is 21.9 Å². The van der Waals surface area contributed by atoms with E-state index in [1.165, 1.54) is 0 Å². The molecule has 0 aliphatic rings. The summed E-state index contributed by atoms with van der Waals surface area (Å²) in [5.41, 5.74) is 2.54. The number of nitrogens with zero attached hydrogens (tertiary/aromatic N) is 4. The number of aryl methyl sites for hydroxylation is 1. The van der Waals surface area contributed by atoms with E-state index in [0.29, 0.717) is 0 Å². The monoisotopic (exact) mass is 216 g/mol. The second-order valence-corrected chi connectivity index (χ2v) is 3.89. The van der Waals surface area contributed by atoms with Crippen LogP contribution in [0.1, 0.15) is 0 Å². The van der Waals surface area contributed by atoms with Crippen LogP contribution in [-0.2, 0) is 7.05 Å². The Bertz CT molecular complexity index is 659. The van der Waals surface area contributed by atoms with E-state index in [9.17, 15) is 0 Å². The molecule has 0 fully saturated rings. The fourth-order valence-corrected chi connectivity index (χ4v) is 2.02. The van der Waals surface area contributed by atoms with Crippen molar-refractivity contribution in [1.82, 2.24) is 19.5 Å². The van der Waals surface area contributed by atoms with Crippen molar-refractivity contribution in [1.29, 1.82) is 0 Å². The van der Waals surface area contributed by atoms with Crippen molar-refractivity contribution in [2.75, 3.05) is 0 Å². The molecule has 2 heterocycles. The van der Waals surface area contributed by atoms with E-state index in [1.54, 1.807) is 12.7 Å². The number of aromatic nitrogens is 4. The van der Waals surface area contributed by atoms with Crippen molar-refractivity contribution in [2.24, 2.45) is 7.05 Å². The zero-order chi connectivity index (χ0) is 10.4. The third-order valence-corrected chi connectivity index (χ3v) is 2.78. The maximum atomic E-state index is 4.44. The predicted octanol–water partition coefficient (Wildman–Crippen LogP) is 1.81. The molecule has 3 aromatic rings. The van der Waals surface area contributed by atoms with Crippen LogP contribution in [0.15, 0.2) is 29.8 Å². The number of benzene rings is 1. The Balaban J connectivity index is 2.57. The van der Waals surface area contributed by atoms with Gasteiger partial charge in [0.25, 0.3) is 0 Å². The minimum Gasteiger partial charge on any atom is -0.341 e. The molecular weight excluding hydrogens is 208 g/mol. The highest BCUT2D eigenvalue weighted by Gasteiger charge is 2.08. The van der Waals surface area contributed by atoms with Crippen LogP contribution >= 0.6 is 12.6 Å². The van der Waals surface area contributed by atoms with E-state index in [0.717, 1.165) is 26.8 Å². The first kappa shape index (κ1) is 8.67. The van der Waals surface area contributed by atoms with Crippen molar-refractivity contribution in [2.45, 2.75) is 4.90 Å². The van der Waals surface area contributed by atoms with E-state index in [4.69, 9.17) is 0 Å². The van der Waals surface area contributed by atoms with E-state index in [2.05, 4.69) is 27.6 Å². The van der Waals surface area contributed by atoms with Crippen LogP contribution in [0.4, 0.5) is 0 Å². The third-order valence-electron chi connectivity index (χ3n) is 2.35. The van der Waals surface area contributed by atoms with Crippen molar-refractivity contribution < 1.29 is 0 Å². The van der Waals surface area contributed by atoms with Crippen molar-refractivity contribution in [3.63, 3.8) is 0 Å². The Labute approximate surface area is 91.4 Å². The minimum absolute atomic E-state index is 0.792. The molecule has 0 unspecified atom stereocenters. The predicted molar refractivity (Wildman–Crippen MR) is 61.1 cm³/mol. The maximum absolute atomic E-state index is 4.44. The van der Waals surface area contributed by atoms with E-state index >= 15 is 0 Å². The molecule has 0 aliphatic heterocycles. The largest absolute Gasteiger partial charge is 0.341 e. The van der Waals surface area contributed by atoms with Crippen LogP contribution in [0.5, 0.6) is 0 Å². The van der Waals surface area contributed by atoms with Crippen molar-refractivity contribution >= 4 is 34.6 Å². The van der Waals surface area contributed by atoms with Crippen molar-refractivity contribution in [3.05, 3.63) is 24.9 Å². The highest BCUT2D eigenvalue weighted by molar-refractivity contribution is 7.80. The lowest BCUT2D eigenvalue weighted by Crippen LogP contribution is -1.92. The first-order valence-corrected chi connectivity index (χ1v) is 4.95. The van der Waals surface area contributed by atoms with Gasteiger partial charge in [0.2, 0.25) is 0 Å². The SMILES string of the molecule is Cn1cnc2c(S)c3ncnc3cc2c1. The first-order chi connectivity index (χ1) is 7.25. The van der Waals surface area contributed by atoms with E-state index in [-0.39, 0.29) is 0 Å². The van der Waals surface area contributed by atoms with Crippen LogP contribution in [-0.4, -0.2) is 19.5 Å². The maximum Gasteiger partial charge on any atom is 0.116 e. The summed E-state index contributed by atoms with van der Waals surface area (Å²) in [5.74, 6) is 0. The number of fused-ring (bicyclic) bond motifs is 2. The molecule has 0 atom stereocenters. The molecule has 0 bridgehead atoms. The molecule has 15 heavy (non-hydrogen) atoms.